The summed E-state index contributed by atoms with van der Waals surface area (Å²) in [6.07, 6.45) is 3.55. The van der Waals surface area contributed by atoms with Crippen molar-refractivity contribution in [3.8, 4) is 0 Å². The highest BCUT2D eigenvalue weighted by Gasteiger charge is 2.29. The fourth-order valence-corrected chi connectivity index (χ4v) is 2.63. The molecular formula is C14H21N3O2. The van der Waals surface area contributed by atoms with E-state index >= 15 is 0 Å². The van der Waals surface area contributed by atoms with E-state index in [9.17, 15) is 9.59 Å². The molecule has 5 nitrogen and oxygen atoms in total. The number of likely N-dealkylation sites (tertiary alicyclic amines) is 1. The maximum Gasteiger partial charge on any atom is 0.255 e. The van der Waals surface area contributed by atoms with Gasteiger partial charge in [0, 0.05) is 38.4 Å². The van der Waals surface area contributed by atoms with Crippen molar-refractivity contribution in [2.24, 2.45) is 18.7 Å². The Morgan fingerprint density at radius 2 is 2.21 bits per heavy atom. The Hall–Kier alpha value is -1.62. The number of nitrogens with two attached hydrogens (primary N) is 1. The molecule has 2 unspecified atom stereocenters. The third-order valence-electron chi connectivity index (χ3n) is 3.84. The van der Waals surface area contributed by atoms with Crippen LogP contribution in [0.15, 0.2) is 23.1 Å². The number of aryl methyl sites for hydroxylation is 1. The van der Waals surface area contributed by atoms with Crippen LogP contribution in [0.1, 0.15) is 30.1 Å². The average molecular weight is 263 g/mol. The molecule has 2 heterocycles. The number of amides is 1. The lowest BCUT2D eigenvalue weighted by molar-refractivity contribution is 0.0572. The highest BCUT2D eigenvalue weighted by molar-refractivity contribution is 5.94. The average Bonchev–Trinajstić information content (AvgIpc) is 2.41. The second kappa shape index (κ2) is 5.57. The first-order valence-electron chi connectivity index (χ1n) is 6.70. The highest BCUT2D eigenvalue weighted by Crippen LogP contribution is 2.23. The van der Waals surface area contributed by atoms with Crippen molar-refractivity contribution in [3.05, 3.63) is 34.2 Å². The standard InChI is InChI=1S/C14H21N3O2/c1-10-5-6-17(12(7-10)8-15)14(19)11-3-4-13(18)16(2)9-11/h3-4,9-10,12H,5-8,15H2,1-2H3. The fraction of sp³-hybridized carbons (Fsp3) is 0.571. The van der Waals surface area contributed by atoms with E-state index in [1.165, 1.54) is 10.6 Å². The molecule has 2 rings (SSSR count). The van der Waals surface area contributed by atoms with Crippen molar-refractivity contribution in [2.45, 2.75) is 25.8 Å². The van der Waals surface area contributed by atoms with Crippen LogP contribution in [0.3, 0.4) is 0 Å². The molecule has 1 fully saturated rings. The predicted molar refractivity (Wildman–Crippen MR) is 74.0 cm³/mol. The maximum atomic E-state index is 12.5. The maximum absolute atomic E-state index is 12.5. The molecule has 2 atom stereocenters. The lowest BCUT2D eigenvalue weighted by Crippen LogP contribution is -2.49. The van der Waals surface area contributed by atoms with Crippen LogP contribution in [0.25, 0.3) is 0 Å². The number of carbonyl (C=O) groups is 1. The van der Waals surface area contributed by atoms with Gasteiger partial charge in [-0.1, -0.05) is 6.92 Å². The number of hydrogen-bond acceptors (Lipinski definition) is 3. The third kappa shape index (κ3) is 2.87. The van der Waals surface area contributed by atoms with Gasteiger partial charge in [0.1, 0.15) is 0 Å². The Kier molecular flexibility index (Phi) is 4.04. The van der Waals surface area contributed by atoms with Gasteiger partial charge < -0.3 is 15.2 Å². The Balaban J connectivity index is 2.22. The molecule has 1 aliphatic heterocycles. The summed E-state index contributed by atoms with van der Waals surface area (Å²) < 4.78 is 1.43. The Morgan fingerprint density at radius 3 is 2.84 bits per heavy atom. The van der Waals surface area contributed by atoms with Gasteiger partial charge >= 0.3 is 0 Å². The van der Waals surface area contributed by atoms with Crippen LogP contribution in [0.2, 0.25) is 0 Å². The van der Waals surface area contributed by atoms with Crippen molar-refractivity contribution < 1.29 is 4.79 Å². The number of carbonyl (C=O) groups excluding carboxylic acids is 1. The molecule has 0 saturated carbocycles. The first-order chi connectivity index (χ1) is 9.02. The van der Waals surface area contributed by atoms with Crippen molar-refractivity contribution >= 4 is 5.91 Å². The summed E-state index contributed by atoms with van der Waals surface area (Å²) in [5.74, 6) is 0.579. The van der Waals surface area contributed by atoms with E-state index in [4.69, 9.17) is 5.73 Å². The molecule has 1 aromatic rings. The molecule has 1 aromatic heterocycles. The molecule has 104 valence electrons. The molecular weight excluding hydrogens is 242 g/mol. The minimum atomic E-state index is -0.112. The van der Waals surface area contributed by atoms with Crippen LogP contribution in [-0.4, -0.2) is 34.5 Å². The summed E-state index contributed by atoms with van der Waals surface area (Å²) in [5.41, 5.74) is 6.22. The van der Waals surface area contributed by atoms with E-state index in [0.29, 0.717) is 18.0 Å². The first-order valence-corrected chi connectivity index (χ1v) is 6.70. The van der Waals surface area contributed by atoms with Gasteiger partial charge in [-0.25, -0.2) is 0 Å². The van der Waals surface area contributed by atoms with Gasteiger partial charge in [0.15, 0.2) is 0 Å². The Morgan fingerprint density at radius 1 is 1.47 bits per heavy atom. The summed E-state index contributed by atoms with van der Waals surface area (Å²) in [6.45, 7) is 3.42. The lowest BCUT2D eigenvalue weighted by Gasteiger charge is -2.38. The van der Waals surface area contributed by atoms with Crippen LogP contribution in [-0.2, 0) is 7.05 Å². The first kappa shape index (κ1) is 13.8. The molecule has 0 aliphatic carbocycles. The third-order valence-corrected chi connectivity index (χ3v) is 3.84. The topological polar surface area (TPSA) is 68.3 Å². The molecule has 5 heteroatoms. The van der Waals surface area contributed by atoms with Crippen LogP contribution < -0.4 is 11.3 Å². The molecule has 1 aliphatic rings. The number of nitrogens with zero attached hydrogens (tertiary/aromatic N) is 2. The summed E-state index contributed by atoms with van der Waals surface area (Å²) in [5, 5.41) is 0. The number of pyridine rings is 1. The smallest absolute Gasteiger partial charge is 0.255 e. The molecule has 0 radical (unpaired) electrons. The molecule has 2 N–H and O–H groups in total. The highest BCUT2D eigenvalue weighted by atomic mass is 16.2. The largest absolute Gasteiger partial charge is 0.334 e. The number of hydrogen-bond donors (Lipinski definition) is 1. The van der Waals surface area contributed by atoms with E-state index in [1.807, 2.05) is 4.90 Å². The number of aromatic nitrogens is 1. The zero-order chi connectivity index (χ0) is 14.0. The summed E-state index contributed by atoms with van der Waals surface area (Å²) in [4.78, 5) is 25.7. The van der Waals surface area contributed by atoms with Gasteiger partial charge in [-0.15, -0.1) is 0 Å². The van der Waals surface area contributed by atoms with Crippen LogP contribution in [0, 0.1) is 5.92 Å². The Labute approximate surface area is 113 Å². The van der Waals surface area contributed by atoms with Crippen LogP contribution >= 0.6 is 0 Å². The van der Waals surface area contributed by atoms with E-state index in [0.717, 1.165) is 19.4 Å². The number of rotatable bonds is 2. The Bertz CT molecular complexity index is 524. The molecule has 0 aromatic carbocycles. The summed E-state index contributed by atoms with van der Waals surface area (Å²) >= 11 is 0. The SMILES string of the molecule is CC1CCN(C(=O)c2ccc(=O)n(C)c2)C(CN)C1. The molecule has 1 amide bonds. The van der Waals surface area contributed by atoms with Crippen LogP contribution in [0.5, 0.6) is 0 Å². The molecule has 19 heavy (non-hydrogen) atoms. The monoisotopic (exact) mass is 263 g/mol. The number of piperidine rings is 1. The minimum absolute atomic E-state index is 0.0297. The normalized spacial score (nSPS) is 23.4. The van der Waals surface area contributed by atoms with Crippen molar-refractivity contribution in [1.82, 2.24) is 9.47 Å². The van der Waals surface area contributed by atoms with E-state index in [2.05, 4.69) is 6.92 Å². The van der Waals surface area contributed by atoms with Crippen molar-refractivity contribution in [3.63, 3.8) is 0 Å². The van der Waals surface area contributed by atoms with Gasteiger partial charge in [0.2, 0.25) is 5.56 Å². The quantitative estimate of drug-likeness (QED) is 0.849. The van der Waals surface area contributed by atoms with Gasteiger partial charge in [-0.3, -0.25) is 9.59 Å². The van der Waals surface area contributed by atoms with E-state index < -0.39 is 0 Å². The van der Waals surface area contributed by atoms with Crippen molar-refractivity contribution in [1.29, 1.82) is 0 Å². The zero-order valence-electron chi connectivity index (χ0n) is 11.5. The zero-order valence-corrected chi connectivity index (χ0v) is 11.5. The minimum Gasteiger partial charge on any atom is -0.334 e. The lowest BCUT2D eigenvalue weighted by atomic mass is 9.92. The van der Waals surface area contributed by atoms with E-state index in [1.54, 1.807) is 19.3 Å². The second-order valence-corrected chi connectivity index (χ2v) is 5.38. The van der Waals surface area contributed by atoms with Crippen LogP contribution in [0.4, 0.5) is 0 Å². The van der Waals surface area contributed by atoms with Crippen molar-refractivity contribution in [2.75, 3.05) is 13.1 Å². The van der Waals surface area contributed by atoms with E-state index in [-0.39, 0.29) is 17.5 Å². The second-order valence-electron chi connectivity index (χ2n) is 5.38. The van der Waals surface area contributed by atoms with Gasteiger partial charge in [-0.05, 0) is 24.8 Å². The molecule has 1 saturated heterocycles. The van der Waals surface area contributed by atoms with Gasteiger partial charge in [0.25, 0.3) is 5.91 Å². The van der Waals surface area contributed by atoms with Gasteiger partial charge in [0.05, 0.1) is 5.56 Å². The molecule has 0 spiro atoms. The molecule has 0 bridgehead atoms. The fourth-order valence-electron chi connectivity index (χ4n) is 2.63. The van der Waals surface area contributed by atoms with Gasteiger partial charge in [-0.2, -0.15) is 0 Å². The summed E-state index contributed by atoms with van der Waals surface area (Å²) in [6, 6.07) is 3.13. The predicted octanol–water partition coefficient (Wildman–Crippen LogP) is 0.585. The summed E-state index contributed by atoms with van der Waals surface area (Å²) in [7, 11) is 1.65.